The van der Waals surface area contributed by atoms with Crippen molar-refractivity contribution in [1.29, 1.82) is 0 Å². The van der Waals surface area contributed by atoms with Crippen molar-refractivity contribution in [2.75, 3.05) is 5.73 Å². The largest absolute Gasteiger partial charge is 0.457 e. The number of carbonyl (C=O) groups is 1. The highest BCUT2D eigenvalue weighted by Gasteiger charge is 2.31. The Hall–Kier alpha value is -2.33. The van der Waals surface area contributed by atoms with E-state index in [9.17, 15) is 9.90 Å². The zero-order valence-electron chi connectivity index (χ0n) is 12.2. The van der Waals surface area contributed by atoms with Crippen LogP contribution in [0, 0.1) is 5.92 Å². The Morgan fingerprint density at radius 1 is 1.23 bits per heavy atom. The number of para-hydroxylation sites is 1. The van der Waals surface area contributed by atoms with Crippen LogP contribution in [0.15, 0.2) is 48.5 Å². The van der Waals surface area contributed by atoms with Gasteiger partial charge in [0.1, 0.15) is 6.61 Å². The van der Waals surface area contributed by atoms with Gasteiger partial charge < -0.3 is 15.6 Å². The van der Waals surface area contributed by atoms with E-state index in [1.807, 2.05) is 24.3 Å². The van der Waals surface area contributed by atoms with Crippen LogP contribution in [0.4, 0.5) is 5.69 Å². The summed E-state index contributed by atoms with van der Waals surface area (Å²) < 4.78 is 5.31. The fraction of sp³-hybridized carbons (Fsp3) is 0.278. The highest BCUT2D eigenvalue weighted by Crippen LogP contribution is 2.40. The van der Waals surface area contributed by atoms with Crippen LogP contribution >= 0.6 is 0 Å². The minimum atomic E-state index is -0.488. The number of nitrogen functional groups attached to an aromatic ring is 1. The van der Waals surface area contributed by atoms with Gasteiger partial charge in [0.2, 0.25) is 0 Å². The minimum absolute atomic E-state index is 0.140. The number of hydrogen-bond donors (Lipinski definition) is 2. The van der Waals surface area contributed by atoms with Crippen LogP contribution in [-0.2, 0) is 11.3 Å². The van der Waals surface area contributed by atoms with Gasteiger partial charge in [-0.25, -0.2) is 4.79 Å². The summed E-state index contributed by atoms with van der Waals surface area (Å²) >= 11 is 0. The number of esters is 1. The molecule has 0 aliphatic heterocycles. The summed E-state index contributed by atoms with van der Waals surface area (Å²) in [5.74, 6) is -0.0801. The molecular weight excluding hydrogens is 278 g/mol. The number of nitrogens with two attached hydrogens (primary N) is 1. The lowest BCUT2D eigenvalue weighted by atomic mass is 10.0. The van der Waals surface area contributed by atoms with E-state index in [4.69, 9.17) is 10.5 Å². The average Bonchev–Trinajstić information content (AvgIpc) is 3.38. The summed E-state index contributed by atoms with van der Waals surface area (Å²) in [6.45, 7) is 0.140. The molecule has 1 aliphatic carbocycles. The molecule has 0 radical (unpaired) electrons. The molecule has 3 N–H and O–H groups in total. The van der Waals surface area contributed by atoms with Crippen LogP contribution in [-0.4, -0.2) is 11.1 Å². The summed E-state index contributed by atoms with van der Waals surface area (Å²) in [6.07, 6.45) is 1.60. The van der Waals surface area contributed by atoms with E-state index in [-0.39, 0.29) is 6.61 Å². The number of aliphatic hydroxyl groups is 1. The molecular formula is C18H19NO3. The van der Waals surface area contributed by atoms with Crippen LogP contribution in [0.25, 0.3) is 0 Å². The van der Waals surface area contributed by atoms with Crippen molar-refractivity contribution in [1.82, 2.24) is 0 Å². The maximum absolute atomic E-state index is 12.1. The third-order valence-electron chi connectivity index (χ3n) is 3.95. The maximum atomic E-state index is 12.1. The molecule has 22 heavy (non-hydrogen) atoms. The molecule has 4 nitrogen and oxygen atoms in total. The molecule has 0 amide bonds. The number of anilines is 1. The predicted octanol–water partition coefficient (Wildman–Crippen LogP) is 3.07. The minimum Gasteiger partial charge on any atom is -0.457 e. The number of ether oxygens (including phenoxy) is 1. The van der Waals surface area contributed by atoms with Gasteiger partial charge in [-0.2, -0.15) is 0 Å². The Morgan fingerprint density at radius 3 is 2.73 bits per heavy atom. The molecule has 1 saturated carbocycles. The SMILES string of the molecule is Nc1ccccc1COC(=O)c1cccc(C(O)C2CC2)c1. The first-order valence-corrected chi connectivity index (χ1v) is 7.43. The summed E-state index contributed by atoms with van der Waals surface area (Å²) in [4.78, 5) is 12.1. The number of benzene rings is 2. The van der Waals surface area contributed by atoms with E-state index in [1.54, 1.807) is 24.3 Å². The van der Waals surface area contributed by atoms with Crippen molar-refractivity contribution in [3.8, 4) is 0 Å². The van der Waals surface area contributed by atoms with Gasteiger partial charge in [0.25, 0.3) is 0 Å². The quantitative estimate of drug-likeness (QED) is 0.657. The van der Waals surface area contributed by atoms with Gasteiger partial charge in [0.15, 0.2) is 0 Å². The van der Waals surface area contributed by atoms with Crippen LogP contribution in [0.2, 0.25) is 0 Å². The van der Waals surface area contributed by atoms with Crippen molar-refractivity contribution in [2.45, 2.75) is 25.6 Å². The standard InChI is InChI=1S/C18H19NO3/c19-16-7-2-1-4-15(16)11-22-18(21)14-6-3-5-13(10-14)17(20)12-8-9-12/h1-7,10,12,17,20H,8-9,11,19H2. The topological polar surface area (TPSA) is 72.5 Å². The fourth-order valence-electron chi connectivity index (χ4n) is 2.43. The molecule has 4 heteroatoms. The van der Waals surface area contributed by atoms with E-state index in [0.29, 0.717) is 17.2 Å². The van der Waals surface area contributed by atoms with Crippen molar-refractivity contribution in [3.05, 3.63) is 65.2 Å². The fourth-order valence-corrected chi connectivity index (χ4v) is 2.43. The molecule has 2 aromatic carbocycles. The molecule has 3 rings (SSSR count). The third kappa shape index (κ3) is 3.28. The molecule has 0 heterocycles. The summed E-state index contributed by atoms with van der Waals surface area (Å²) in [7, 11) is 0. The smallest absolute Gasteiger partial charge is 0.338 e. The molecule has 0 spiro atoms. The summed E-state index contributed by atoms with van der Waals surface area (Å²) in [5.41, 5.74) is 8.44. The molecule has 1 fully saturated rings. The van der Waals surface area contributed by atoms with Crippen LogP contribution in [0.3, 0.4) is 0 Å². The Kier molecular flexibility index (Phi) is 4.11. The monoisotopic (exact) mass is 297 g/mol. The van der Waals surface area contributed by atoms with Gasteiger partial charge in [-0.15, -0.1) is 0 Å². The highest BCUT2D eigenvalue weighted by atomic mass is 16.5. The Balaban J connectivity index is 1.67. The van der Waals surface area contributed by atoms with Gasteiger partial charge in [-0.1, -0.05) is 30.3 Å². The Morgan fingerprint density at radius 2 is 2.00 bits per heavy atom. The molecule has 0 aromatic heterocycles. The van der Waals surface area contributed by atoms with Gasteiger partial charge in [0.05, 0.1) is 11.7 Å². The first-order valence-electron chi connectivity index (χ1n) is 7.43. The second kappa shape index (κ2) is 6.20. The van der Waals surface area contributed by atoms with Gasteiger partial charge in [-0.05, 0) is 42.5 Å². The van der Waals surface area contributed by atoms with E-state index < -0.39 is 12.1 Å². The molecule has 1 atom stereocenters. The predicted molar refractivity (Wildman–Crippen MR) is 84.1 cm³/mol. The normalized spacial score (nSPS) is 15.3. The third-order valence-corrected chi connectivity index (χ3v) is 3.95. The number of carbonyl (C=O) groups excluding carboxylic acids is 1. The molecule has 0 saturated heterocycles. The summed E-state index contributed by atoms with van der Waals surface area (Å²) in [5, 5.41) is 10.1. The van der Waals surface area contributed by atoms with Crippen LogP contribution < -0.4 is 5.73 Å². The number of hydrogen-bond acceptors (Lipinski definition) is 4. The van der Waals surface area contributed by atoms with E-state index in [2.05, 4.69) is 0 Å². The van der Waals surface area contributed by atoms with Gasteiger partial charge >= 0.3 is 5.97 Å². The number of rotatable bonds is 5. The van der Waals surface area contributed by atoms with Crippen molar-refractivity contribution in [3.63, 3.8) is 0 Å². The second-order valence-electron chi connectivity index (χ2n) is 5.68. The highest BCUT2D eigenvalue weighted by molar-refractivity contribution is 5.89. The lowest BCUT2D eigenvalue weighted by molar-refractivity contribution is 0.0473. The molecule has 1 aliphatic rings. The number of aliphatic hydroxyl groups excluding tert-OH is 1. The molecule has 2 aromatic rings. The van der Waals surface area contributed by atoms with E-state index in [1.165, 1.54) is 0 Å². The Labute approximate surface area is 129 Å². The summed E-state index contributed by atoms with van der Waals surface area (Å²) in [6, 6.07) is 14.3. The van der Waals surface area contributed by atoms with E-state index in [0.717, 1.165) is 24.0 Å². The van der Waals surface area contributed by atoms with E-state index >= 15 is 0 Å². The first kappa shape index (κ1) is 14.6. The molecule has 0 bridgehead atoms. The maximum Gasteiger partial charge on any atom is 0.338 e. The average molecular weight is 297 g/mol. The Bertz CT molecular complexity index is 680. The van der Waals surface area contributed by atoms with Gasteiger partial charge in [-0.3, -0.25) is 0 Å². The van der Waals surface area contributed by atoms with Crippen molar-refractivity contribution >= 4 is 11.7 Å². The molecule has 114 valence electrons. The second-order valence-corrected chi connectivity index (χ2v) is 5.68. The molecule has 1 unspecified atom stereocenters. The van der Waals surface area contributed by atoms with Crippen molar-refractivity contribution in [2.24, 2.45) is 5.92 Å². The zero-order chi connectivity index (χ0) is 15.5. The first-order chi connectivity index (χ1) is 10.6. The van der Waals surface area contributed by atoms with Crippen LogP contribution in [0.5, 0.6) is 0 Å². The van der Waals surface area contributed by atoms with Gasteiger partial charge in [0, 0.05) is 11.3 Å². The lowest BCUT2D eigenvalue weighted by Gasteiger charge is -2.11. The lowest BCUT2D eigenvalue weighted by Crippen LogP contribution is -2.08. The van der Waals surface area contributed by atoms with Crippen molar-refractivity contribution < 1.29 is 14.6 Å². The van der Waals surface area contributed by atoms with Crippen LogP contribution in [0.1, 0.15) is 40.4 Å². The zero-order valence-corrected chi connectivity index (χ0v) is 12.2.